The van der Waals surface area contributed by atoms with E-state index in [1.165, 1.54) is 23.6 Å². The summed E-state index contributed by atoms with van der Waals surface area (Å²) in [7, 11) is 0. The van der Waals surface area contributed by atoms with E-state index in [2.05, 4.69) is 5.32 Å². The first-order chi connectivity index (χ1) is 16.5. The molecule has 3 heterocycles. The highest BCUT2D eigenvalue weighted by molar-refractivity contribution is 7.99. The summed E-state index contributed by atoms with van der Waals surface area (Å²) in [5, 5.41) is 3.99. The van der Waals surface area contributed by atoms with Crippen molar-refractivity contribution in [2.24, 2.45) is 0 Å². The molecule has 0 saturated carbocycles. The van der Waals surface area contributed by atoms with Crippen LogP contribution in [0.4, 0.5) is 5.69 Å². The van der Waals surface area contributed by atoms with E-state index in [1.54, 1.807) is 52.5 Å². The van der Waals surface area contributed by atoms with Crippen LogP contribution in [-0.2, 0) is 24.2 Å². The summed E-state index contributed by atoms with van der Waals surface area (Å²) in [5.74, 6) is 0.301. The third-order valence-electron chi connectivity index (χ3n) is 5.85. The van der Waals surface area contributed by atoms with Gasteiger partial charge in [0.15, 0.2) is 10.9 Å². The molecule has 4 aromatic rings. The standard InChI is InChI=1S/C25H23N3O4S2/c1-15(29)17-8-2-4-10-19(17)26-21(30)14-33-25-27-23-22(18-9-3-5-11-20(18)34-23)24(31)28(25)13-16-7-6-12-32-16/h2,4,6-8,10,12H,3,5,9,11,13-14H2,1H3,(H,26,30). The Bertz CT molecular complexity index is 1440. The molecule has 7 nitrogen and oxygen atoms in total. The van der Waals surface area contributed by atoms with Crippen LogP contribution >= 0.6 is 23.1 Å². The number of ketones is 1. The van der Waals surface area contributed by atoms with E-state index >= 15 is 0 Å². The summed E-state index contributed by atoms with van der Waals surface area (Å²) in [6.07, 6.45) is 5.66. The number of hydrogen-bond acceptors (Lipinski definition) is 7. The van der Waals surface area contributed by atoms with Gasteiger partial charge < -0.3 is 9.73 Å². The Morgan fingerprint density at radius 3 is 2.79 bits per heavy atom. The Hall–Kier alpha value is -3.17. The molecular formula is C25H23N3O4S2. The summed E-state index contributed by atoms with van der Waals surface area (Å²) in [6.45, 7) is 1.71. The SMILES string of the molecule is CC(=O)c1ccccc1NC(=O)CSc1nc2sc3c(c2c(=O)n1Cc1ccco1)CCCC3. The van der Waals surface area contributed by atoms with Gasteiger partial charge in [0, 0.05) is 10.4 Å². The van der Waals surface area contributed by atoms with Crippen LogP contribution in [-0.4, -0.2) is 27.0 Å². The van der Waals surface area contributed by atoms with Gasteiger partial charge in [0.05, 0.1) is 29.6 Å². The number of amides is 1. The summed E-state index contributed by atoms with van der Waals surface area (Å²) in [6, 6.07) is 10.5. The first-order valence-electron chi connectivity index (χ1n) is 11.1. The number of hydrogen-bond donors (Lipinski definition) is 1. The molecule has 0 atom stereocenters. The maximum Gasteiger partial charge on any atom is 0.263 e. The molecule has 1 aliphatic rings. The van der Waals surface area contributed by atoms with Crippen LogP contribution in [0, 0.1) is 0 Å². The Kier molecular flexibility index (Phi) is 6.38. The molecule has 34 heavy (non-hydrogen) atoms. The van der Waals surface area contributed by atoms with Crippen molar-refractivity contribution in [1.29, 1.82) is 0 Å². The first kappa shape index (κ1) is 22.6. The van der Waals surface area contributed by atoms with Gasteiger partial charge in [0.1, 0.15) is 10.6 Å². The number of aryl methyl sites for hydroxylation is 2. The lowest BCUT2D eigenvalue weighted by atomic mass is 9.97. The maximum atomic E-state index is 13.6. The number of fused-ring (bicyclic) bond motifs is 3. The molecule has 0 radical (unpaired) electrons. The van der Waals surface area contributed by atoms with Gasteiger partial charge in [-0.25, -0.2) is 4.98 Å². The van der Waals surface area contributed by atoms with Gasteiger partial charge in [0.25, 0.3) is 5.56 Å². The van der Waals surface area contributed by atoms with E-state index in [-0.39, 0.29) is 29.5 Å². The third kappa shape index (κ3) is 4.45. The molecule has 1 aromatic carbocycles. The van der Waals surface area contributed by atoms with Crippen molar-refractivity contribution in [3.05, 3.63) is 74.8 Å². The molecule has 0 saturated heterocycles. The average Bonchev–Trinajstić information content (AvgIpc) is 3.47. The van der Waals surface area contributed by atoms with Gasteiger partial charge in [-0.3, -0.25) is 19.0 Å². The van der Waals surface area contributed by atoms with Crippen LogP contribution in [0.5, 0.6) is 0 Å². The van der Waals surface area contributed by atoms with Crippen molar-refractivity contribution < 1.29 is 14.0 Å². The molecule has 174 valence electrons. The first-order valence-corrected chi connectivity index (χ1v) is 12.9. The van der Waals surface area contributed by atoms with Gasteiger partial charge in [-0.05, 0) is 62.4 Å². The van der Waals surface area contributed by atoms with Crippen LogP contribution in [0.2, 0.25) is 0 Å². The zero-order valence-corrected chi connectivity index (χ0v) is 20.3. The number of thioether (sulfide) groups is 1. The number of carbonyl (C=O) groups excluding carboxylic acids is 2. The number of nitrogens with zero attached hydrogens (tertiary/aromatic N) is 2. The average molecular weight is 494 g/mol. The molecule has 1 amide bonds. The van der Waals surface area contributed by atoms with E-state index in [4.69, 9.17) is 9.40 Å². The fourth-order valence-electron chi connectivity index (χ4n) is 4.24. The highest BCUT2D eigenvalue weighted by Gasteiger charge is 2.23. The molecule has 0 bridgehead atoms. The minimum atomic E-state index is -0.275. The molecule has 0 unspecified atom stereocenters. The predicted molar refractivity (Wildman–Crippen MR) is 134 cm³/mol. The second-order valence-corrected chi connectivity index (χ2v) is 10.2. The highest BCUT2D eigenvalue weighted by atomic mass is 32.2. The van der Waals surface area contributed by atoms with Crippen molar-refractivity contribution in [2.45, 2.75) is 44.3 Å². The van der Waals surface area contributed by atoms with E-state index in [0.717, 1.165) is 36.1 Å². The van der Waals surface area contributed by atoms with E-state index < -0.39 is 0 Å². The minimum absolute atomic E-state index is 0.0490. The molecule has 0 spiro atoms. The molecule has 1 N–H and O–H groups in total. The minimum Gasteiger partial charge on any atom is -0.467 e. The molecule has 1 aliphatic carbocycles. The van der Waals surface area contributed by atoms with Crippen LogP contribution in [0.1, 0.15) is 46.3 Å². The number of nitrogens with one attached hydrogen (secondary N) is 1. The number of furan rings is 1. The Morgan fingerprint density at radius 1 is 1.18 bits per heavy atom. The van der Waals surface area contributed by atoms with Crippen molar-refractivity contribution in [3.8, 4) is 0 Å². The monoisotopic (exact) mass is 493 g/mol. The van der Waals surface area contributed by atoms with Crippen LogP contribution < -0.4 is 10.9 Å². The highest BCUT2D eigenvalue weighted by Crippen LogP contribution is 2.35. The van der Waals surface area contributed by atoms with Gasteiger partial charge in [-0.2, -0.15) is 0 Å². The molecular weight excluding hydrogens is 470 g/mol. The smallest absolute Gasteiger partial charge is 0.263 e. The quantitative estimate of drug-likeness (QED) is 0.223. The predicted octanol–water partition coefficient (Wildman–Crippen LogP) is 4.91. The molecule has 0 aliphatic heterocycles. The largest absolute Gasteiger partial charge is 0.467 e. The summed E-state index contributed by atoms with van der Waals surface area (Å²) in [4.78, 5) is 45.0. The normalized spacial score (nSPS) is 13.1. The second kappa shape index (κ2) is 9.60. The zero-order valence-electron chi connectivity index (χ0n) is 18.6. The van der Waals surface area contributed by atoms with Gasteiger partial charge in [0.2, 0.25) is 5.91 Å². The lowest BCUT2D eigenvalue weighted by Crippen LogP contribution is -2.25. The third-order valence-corrected chi connectivity index (χ3v) is 8.01. The Labute approximate surface area is 204 Å². The number of benzene rings is 1. The molecule has 3 aromatic heterocycles. The fraction of sp³-hybridized carbons (Fsp3) is 0.280. The van der Waals surface area contributed by atoms with Crippen LogP contribution in [0.25, 0.3) is 10.2 Å². The van der Waals surface area contributed by atoms with Crippen LogP contribution in [0.15, 0.2) is 57.0 Å². The number of para-hydroxylation sites is 1. The van der Waals surface area contributed by atoms with Crippen molar-refractivity contribution in [3.63, 3.8) is 0 Å². The number of rotatable bonds is 7. The molecule has 9 heteroatoms. The maximum absolute atomic E-state index is 13.6. The van der Waals surface area contributed by atoms with Crippen molar-refractivity contribution in [1.82, 2.24) is 9.55 Å². The summed E-state index contributed by atoms with van der Waals surface area (Å²) >= 11 is 2.79. The number of carbonyl (C=O) groups is 2. The van der Waals surface area contributed by atoms with Gasteiger partial charge in [-0.15, -0.1) is 11.3 Å². The summed E-state index contributed by atoms with van der Waals surface area (Å²) in [5.41, 5.74) is 1.97. The van der Waals surface area contributed by atoms with E-state index in [9.17, 15) is 14.4 Å². The topological polar surface area (TPSA) is 94.2 Å². The number of thiophene rings is 1. The summed E-state index contributed by atoms with van der Waals surface area (Å²) < 4.78 is 7.09. The van der Waals surface area contributed by atoms with Crippen LogP contribution in [0.3, 0.4) is 0 Å². The van der Waals surface area contributed by atoms with Gasteiger partial charge >= 0.3 is 0 Å². The number of anilines is 1. The fourth-order valence-corrected chi connectivity index (χ4v) is 6.34. The van der Waals surface area contributed by atoms with E-state index in [1.807, 2.05) is 6.07 Å². The molecule has 5 rings (SSSR count). The lowest BCUT2D eigenvalue weighted by Gasteiger charge is -2.13. The van der Waals surface area contributed by atoms with E-state index in [0.29, 0.717) is 27.6 Å². The van der Waals surface area contributed by atoms with Crippen molar-refractivity contribution >= 4 is 50.7 Å². The van der Waals surface area contributed by atoms with Gasteiger partial charge in [-0.1, -0.05) is 23.9 Å². The molecule has 0 fully saturated rings. The number of Topliss-reactive ketones (excluding diaryl/α,β-unsaturated/α-hetero) is 1. The lowest BCUT2D eigenvalue weighted by molar-refractivity contribution is -0.113. The zero-order chi connectivity index (χ0) is 23.7. The van der Waals surface area contributed by atoms with Crippen molar-refractivity contribution in [2.75, 3.05) is 11.1 Å². The number of aromatic nitrogens is 2. The second-order valence-electron chi connectivity index (χ2n) is 8.19. The Morgan fingerprint density at radius 2 is 2.00 bits per heavy atom. The Balaban J connectivity index is 1.45.